The lowest BCUT2D eigenvalue weighted by Gasteiger charge is -2.22. The second-order valence-corrected chi connectivity index (χ2v) is 10.6. The second-order valence-electron chi connectivity index (χ2n) is 10.6. The molecule has 0 aliphatic rings. The van der Waals surface area contributed by atoms with Gasteiger partial charge in [0.05, 0.1) is 5.52 Å². The number of carbonyl (C=O) groups excluding carboxylic acids is 1. The quantitative estimate of drug-likeness (QED) is 0.332. The van der Waals surface area contributed by atoms with Gasteiger partial charge in [-0.2, -0.15) is 0 Å². The molecule has 0 fully saturated rings. The number of ether oxygens (including phenoxy) is 2. The molecule has 1 N–H and O–H groups in total. The third-order valence-corrected chi connectivity index (χ3v) is 5.72. The van der Waals surface area contributed by atoms with Gasteiger partial charge in [-0.05, 0) is 75.3 Å². The molecule has 1 heterocycles. The Balaban J connectivity index is 1.99. The lowest BCUT2D eigenvalue weighted by Crippen LogP contribution is -2.40. The van der Waals surface area contributed by atoms with Gasteiger partial charge in [-0.1, -0.05) is 57.5 Å². The van der Waals surface area contributed by atoms with Crippen molar-refractivity contribution in [2.75, 3.05) is 0 Å². The Morgan fingerprint density at radius 3 is 2.43 bits per heavy atom. The zero-order valence-corrected chi connectivity index (χ0v) is 22.1. The number of aromatic nitrogens is 1. The molecule has 0 radical (unpaired) electrons. The van der Waals surface area contributed by atoms with Crippen molar-refractivity contribution >= 4 is 17.0 Å². The van der Waals surface area contributed by atoms with Crippen molar-refractivity contribution in [1.82, 2.24) is 10.3 Å². The van der Waals surface area contributed by atoms with E-state index < -0.39 is 6.09 Å². The molecule has 0 unspecified atom stereocenters. The summed E-state index contributed by atoms with van der Waals surface area (Å²) in [5.41, 5.74) is 4.99. The second kappa shape index (κ2) is 12.1. The summed E-state index contributed by atoms with van der Waals surface area (Å²) in [7, 11) is 0. The number of nitrogens with one attached hydrogen (secondary N) is 1. The summed E-state index contributed by atoms with van der Waals surface area (Å²) >= 11 is 0. The fourth-order valence-corrected chi connectivity index (χ4v) is 4.08. The molecule has 5 nitrogen and oxygen atoms in total. The monoisotopic (exact) mass is 476 g/mol. The van der Waals surface area contributed by atoms with E-state index >= 15 is 0 Å². The number of hydrogen-bond acceptors (Lipinski definition) is 4. The van der Waals surface area contributed by atoms with Crippen molar-refractivity contribution in [3.8, 4) is 5.75 Å². The van der Waals surface area contributed by atoms with E-state index in [1.54, 1.807) is 0 Å². The highest BCUT2D eigenvalue weighted by molar-refractivity contribution is 5.85. The number of nitrogens with zero attached hydrogens (tertiary/aromatic N) is 1. The number of rotatable bonds is 10. The van der Waals surface area contributed by atoms with Crippen molar-refractivity contribution in [1.29, 1.82) is 0 Å². The summed E-state index contributed by atoms with van der Waals surface area (Å²) in [6.07, 6.45) is 3.47. The molecule has 1 aromatic heterocycles. The highest BCUT2D eigenvalue weighted by atomic mass is 16.5. The van der Waals surface area contributed by atoms with Crippen LogP contribution >= 0.6 is 0 Å². The number of hydrogen-bond donors (Lipinski definition) is 1. The number of benzene rings is 2. The van der Waals surface area contributed by atoms with Crippen LogP contribution in [0.1, 0.15) is 76.8 Å². The molecule has 3 rings (SSSR count). The highest BCUT2D eigenvalue weighted by Crippen LogP contribution is 2.31. The molecule has 0 bridgehead atoms. The summed E-state index contributed by atoms with van der Waals surface area (Å²) in [5.74, 6) is 1.25. The number of unbranched alkanes of at least 4 members (excludes halogenated alkanes) is 1. The lowest BCUT2D eigenvalue weighted by molar-refractivity contribution is 0.130. The zero-order chi connectivity index (χ0) is 25.4. The van der Waals surface area contributed by atoms with Gasteiger partial charge in [0, 0.05) is 22.2 Å². The molecule has 35 heavy (non-hydrogen) atoms. The molecule has 188 valence electrons. The van der Waals surface area contributed by atoms with E-state index in [1.165, 1.54) is 5.56 Å². The average molecular weight is 477 g/mol. The maximum Gasteiger partial charge on any atom is 0.407 e. The van der Waals surface area contributed by atoms with Crippen molar-refractivity contribution in [2.45, 2.75) is 86.0 Å². The predicted molar refractivity (Wildman–Crippen MR) is 143 cm³/mol. The highest BCUT2D eigenvalue weighted by Gasteiger charge is 2.20. The van der Waals surface area contributed by atoms with Gasteiger partial charge in [-0.3, -0.25) is 4.98 Å². The SMILES string of the molecule is CCCCc1c(COC(=O)NC(C)(C)C)c(CC(C)C)nc2ccc(OCc3ccccc3)cc12. The van der Waals surface area contributed by atoms with Gasteiger partial charge in [-0.15, -0.1) is 0 Å². The Morgan fingerprint density at radius 1 is 1.03 bits per heavy atom. The van der Waals surface area contributed by atoms with Crippen molar-refractivity contribution in [3.63, 3.8) is 0 Å². The summed E-state index contributed by atoms with van der Waals surface area (Å²) in [6.45, 7) is 13.1. The fraction of sp³-hybridized carbons (Fsp3) is 0.467. The third kappa shape index (κ3) is 7.98. The van der Waals surface area contributed by atoms with Crippen LogP contribution in [0.25, 0.3) is 10.9 Å². The normalized spacial score (nSPS) is 11.6. The van der Waals surface area contributed by atoms with Crippen LogP contribution in [0.2, 0.25) is 0 Å². The van der Waals surface area contributed by atoms with Crippen LogP contribution in [0, 0.1) is 5.92 Å². The Kier molecular flexibility index (Phi) is 9.13. The van der Waals surface area contributed by atoms with E-state index in [2.05, 4.69) is 44.3 Å². The number of pyridine rings is 1. The van der Waals surface area contributed by atoms with E-state index in [1.807, 2.05) is 51.1 Å². The Labute approximate surface area is 210 Å². The van der Waals surface area contributed by atoms with Crippen molar-refractivity contribution in [3.05, 3.63) is 70.9 Å². The Morgan fingerprint density at radius 2 is 1.77 bits per heavy atom. The fourth-order valence-electron chi connectivity index (χ4n) is 4.08. The molecule has 0 aliphatic heterocycles. The Hall–Kier alpha value is -3.08. The summed E-state index contributed by atoms with van der Waals surface area (Å²) in [6, 6.07) is 16.3. The van der Waals surface area contributed by atoms with Gasteiger partial charge < -0.3 is 14.8 Å². The summed E-state index contributed by atoms with van der Waals surface area (Å²) in [4.78, 5) is 17.5. The number of amides is 1. The van der Waals surface area contributed by atoms with E-state index in [0.717, 1.165) is 59.2 Å². The maximum atomic E-state index is 12.5. The number of carbonyl (C=O) groups is 1. The molecule has 2 aromatic carbocycles. The van der Waals surface area contributed by atoms with Gasteiger partial charge in [0.25, 0.3) is 0 Å². The molecule has 0 saturated heterocycles. The molecule has 1 amide bonds. The van der Waals surface area contributed by atoms with E-state index in [4.69, 9.17) is 14.5 Å². The van der Waals surface area contributed by atoms with Crippen LogP contribution in [0.4, 0.5) is 4.79 Å². The van der Waals surface area contributed by atoms with Crippen LogP contribution < -0.4 is 10.1 Å². The summed E-state index contributed by atoms with van der Waals surface area (Å²) < 4.78 is 11.8. The van der Waals surface area contributed by atoms with Crippen molar-refractivity contribution in [2.24, 2.45) is 5.92 Å². The van der Waals surface area contributed by atoms with Crippen LogP contribution in [-0.2, 0) is 30.8 Å². The minimum Gasteiger partial charge on any atom is -0.489 e. The minimum atomic E-state index is -0.408. The molecule has 5 heteroatoms. The smallest absolute Gasteiger partial charge is 0.407 e. The van der Waals surface area contributed by atoms with Gasteiger partial charge in [0.1, 0.15) is 19.0 Å². The van der Waals surface area contributed by atoms with Crippen LogP contribution in [0.5, 0.6) is 5.75 Å². The van der Waals surface area contributed by atoms with Crippen molar-refractivity contribution < 1.29 is 14.3 Å². The molecule has 0 aliphatic carbocycles. The topological polar surface area (TPSA) is 60.5 Å². The van der Waals surface area contributed by atoms with E-state index in [9.17, 15) is 4.79 Å². The van der Waals surface area contributed by atoms with Gasteiger partial charge in [-0.25, -0.2) is 4.79 Å². The molecular weight excluding hydrogens is 436 g/mol. The van der Waals surface area contributed by atoms with E-state index in [-0.39, 0.29) is 12.1 Å². The first-order chi connectivity index (χ1) is 16.7. The molecule has 0 spiro atoms. The van der Waals surface area contributed by atoms with E-state index in [0.29, 0.717) is 12.5 Å². The van der Waals surface area contributed by atoms with Gasteiger partial charge >= 0.3 is 6.09 Å². The first kappa shape index (κ1) is 26.5. The van der Waals surface area contributed by atoms with Crippen LogP contribution in [0.15, 0.2) is 48.5 Å². The van der Waals surface area contributed by atoms with Gasteiger partial charge in [0.2, 0.25) is 0 Å². The maximum absolute atomic E-state index is 12.5. The minimum absolute atomic E-state index is 0.209. The van der Waals surface area contributed by atoms with Gasteiger partial charge in [0.15, 0.2) is 0 Å². The first-order valence-electron chi connectivity index (χ1n) is 12.7. The molecule has 0 atom stereocenters. The predicted octanol–water partition coefficient (Wildman–Crippen LogP) is 7.38. The average Bonchev–Trinajstić information content (AvgIpc) is 2.79. The molecule has 3 aromatic rings. The molecular formula is C30H40N2O3. The third-order valence-electron chi connectivity index (χ3n) is 5.72. The standard InChI is InChI=1S/C30H40N2O3/c1-7-8-14-24-25-18-23(34-19-22-12-10-9-11-13-22)15-16-27(25)31-28(17-21(2)3)26(24)20-35-29(33)32-30(4,5)6/h9-13,15-16,18,21H,7-8,14,17,19-20H2,1-6H3,(H,32,33). The first-order valence-corrected chi connectivity index (χ1v) is 12.7. The zero-order valence-electron chi connectivity index (χ0n) is 22.1. The van der Waals surface area contributed by atoms with Crippen LogP contribution in [-0.4, -0.2) is 16.6 Å². The number of alkyl carbamates (subject to hydrolysis) is 1. The molecule has 0 saturated carbocycles. The number of aryl methyl sites for hydroxylation is 1. The lowest BCUT2D eigenvalue weighted by atomic mass is 9.93. The Bertz CT molecular complexity index is 1120. The summed E-state index contributed by atoms with van der Waals surface area (Å²) in [5, 5.41) is 3.96. The van der Waals surface area contributed by atoms with Crippen LogP contribution in [0.3, 0.4) is 0 Å². The largest absolute Gasteiger partial charge is 0.489 e. The number of fused-ring (bicyclic) bond motifs is 1.